The smallest absolute Gasteiger partial charge is 0.231 e. The van der Waals surface area contributed by atoms with Crippen LogP contribution in [0.4, 0.5) is 5.69 Å². The van der Waals surface area contributed by atoms with Crippen molar-refractivity contribution in [1.82, 2.24) is 0 Å². The van der Waals surface area contributed by atoms with Gasteiger partial charge in [-0.2, -0.15) is 0 Å². The number of carbonyl (C=O) groups is 2. The van der Waals surface area contributed by atoms with Crippen LogP contribution in [0.2, 0.25) is 0 Å². The highest BCUT2D eigenvalue weighted by molar-refractivity contribution is 6.04. The van der Waals surface area contributed by atoms with Crippen molar-refractivity contribution in [3.8, 4) is 5.75 Å². The largest absolute Gasteiger partial charge is 0.497 e. The zero-order chi connectivity index (χ0) is 18.9. The van der Waals surface area contributed by atoms with E-state index >= 15 is 0 Å². The number of ketones is 1. The van der Waals surface area contributed by atoms with Gasteiger partial charge in [0.05, 0.1) is 26.7 Å². The Labute approximate surface area is 154 Å². The lowest BCUT2D eigenvalue weighted by Crippen LogP contribution is -2.19. The van der Waals surface area contributed by atoms with Crippen molar-refractivity contribution in [3.05, 3.63) is 59.7 Å². The van der Waals surface area contributed by atoms with Gasteiger partial charge in [0.2, 0.25) is 5.91 Å². The third-order valence-electron chi connectivity index (χ3n) is 3.91. The maximum atomic E-state index is 11.8. The topological polar surface area (TPSA) is 64.6 Å². The third kappa shape index (κ3) is 6.33. The van der Waals surface area contributed by atoms with Crippen LogP contribution in [0.15, 0.2) is 48.5 Å². The molecule has 1 N–H and O–H groups in total. The predicted molar refractivity (Wildman–Crippen MR) is 101 cm³/mol. The Kier molecular flexibility index (Phi) is 7.36. The van der Waals surface area contributed by atoms with Crippen molar-refractivity contribution in [2.45, 2.75) is 33.5 Å². The normalized spacial score (nSPS) is 10.6. The zero-order valence-electron chi connectivity index (χ0n) is 15.5. The Bertz CT molecular complexity index is 721. The molecule has 0 aliphatic rings. The summed E-state index contributed by atoms with van der Waals surface area (Å²) in [6.07, 6.45) is -0.0929. The average molecular weight is 355 g/mol. The monoisotopic (exact) mass is 355 g/mol. The summed E-state index contributed by atoms with van der Waals surface area (Å²) in [7, 11) is 1.64. The summed E-state index contributed by atoms with van der Waals surface area (Å²) in [5, 5.41) is 2.74. The average Bonchev–Trinajstić information content (AvgIpc) is 2.63. The number of hydrogen-bond donors (Lipinski definition) is 1. The van der Waals surface area contributed by atoms with Gasteiger partial charge in [-0.25, -0.2) is 0 Å². The molecule has 0 aromatic heterocycles. The van der Waals surface area contributed by atoms with Crippen LogP contribution in [-0.4, -0.2) is 18.8 Å². The highest BCUT2D eigenvalue weighted by Gasteiger charge is 2.12. The number of hydrogen-bond acceptors (Lipinski definition) is 4. The molecule has 1 amide bonds. The van der Waals surface area contributed by atoms with E-state index in [1.54, 1.807) is 21.0 Å². The molecule has 5 heteroatoms. The zero-order valence-corrected chi connectivity index (χ0v) is 15.5. The van der Waals surface area contributed by atoms with E-state index in [4.69, 9.17) is 9.47 Å². The molecule has 0 atom stereocenters. The molecule has 0 aliphatic heterocycles. The lowest BCUT2D eigenvalue weighted by molar-refractivity contribution is -0.127. The highest BCUT2D eigenvalue weighted by Crippen LogP contribution is 2.14. The van der Waals surface area contributed by atoms with Gasteiger partial charge in [-0.3, -0.25) is 9.59 Å². The first-order chi connectivity index (χ1) is 12.5. The number of amides is 1. The van der Waals surface area contributed by atoms with Gasteiger partial charge in [0, 0.05) is 11.6 Å². The Balaban J connectivity index is 1.77. The van der Waals surface area contributed by atoms with Crippen LogP contribution >= 0.6 is 0 Å². The maximum Gasteiger partial charge on any atom is 0.231 e. The highest BCUT2D eigenvalue weighted by atomic mass is 16.5. The van der Waals surface area contributed by atoms with Gasteiger partial charge in [-0.15, -0.1) is 0 Å². The molecule has 0 unspecified atom stereocenters. The van der Waals surface area contributed by atoms with E-state index in [-0.39, 0.29) is 24.0 Å². The van der Waals surface area contributed by atoms with Gasteiger partial charge in [-0.05, 0) is 35.4 Å². The molecular formula is C21H25NO4. The lowest BCUT2D eigenvalue weighted by Gasteiger charge is -2.08. The Hall–Kier alpha value is -2.66. The number of rotatable bonds is 9. The maximum absolute atomic E-state index is 11.8. The quantitative estimate of drug-likeness (QED) is 0.692. The molecule has 0 saturated carbocycles. The standard InChI is InChI=1S/C21H25NO4/c1-15(2)20(23)12-21(24)22-18-8-4-16(5-9-18)13-26-14-17-6-10-19(25-3)11-7-17/h4-11,15H,12-14H2,1-3H3,(H,22,24). The first kappa shape index (κ1) is 19.7. The molecule has 138 valence electrons. The summed E-state index contributed by atoms with van der Waals surface area (Å²) in [6, 6.07) is 15.2. The van der Waals surface area contributed by atoms with Crippen LogP contribution in [-0.2, 0) is 27.5 Å². The van der Waals surface area contributed by atoms with Crippen molar-refractivity contribution in [2.24, 2.45) is 5.92 Å². The van der Waals surface area contributed by atoms with Crippen molar-refractivity contribution in [1.29, 1.82) is 0 Å². The number of Topliss-reactive ketones (excluding diaryl/α,β-unsaturated/α-hetero) is 1. The van der Waals surface area contributed by atoms with Crippen LogP contribution in [0, 0.1) is 5.92 Å². The number of nitrogens with one attached hydrogen (secondary N) is 1. The molecule has 0 heterocycles. The minimum absolute atomic E-state index is 0.0638. The first-order valence-electron chi connectivity index (χ1n) is 8.60. The van der Waals surface area contributed by atoms with Crippen molar-refractivity contribution >= 4 is 17.4 Å². The van der Waals surface area contributed by atoms with Crippen molar-refractivity contribution in [3.63, 3.8) is 0 Å². The molecule has 2 rings (SSSR count). The van der Waals surface area contributed by atoms with Crippen molar-refractivity contribution < 1.29 is 19.1 Å². The number of carbonyl (C=O) groups excluding carboxylic acids is 2. The number of anilines is 1. The van der Waals surface area contributed by atoms with E-state index in [9.17, 15) is 9.59 Å². The van der Waals surface area contributed by atoms with Crippen LogP contribution in [0.3, 0.4) is 0 Å². The second-order valence-corrected chi connectivity index (χ2v) is 6.38. The first-order valence-corrected chi connectivity index (χ1v) is 8.60. The number of benzene rings is 2. The summed E-state index contributed by atoms with van der Waals surface area (Å²) < 4.78 is 10.8. The summed E-state index contributed by atoms with van der Waals surface area (Å²) in [4.78, 5) is 23.4. The third-order valence-corrected chi connectivity index (χ3v) is 3.91. The minimum Gasteiger partial charge on any atom is -0.497 e. The van der Waals surface area contributed by atoms with Crippen LogP contribution in [0.1, 0.15) is 31.4 Å². The van der Waals surface area contributed by atoms with E-state index in [1.807, 2.05) is 48.5 Å². The summed E-state index contributed by atoms with van der Waals surface area (Å²) in [5.74, 6) is 0.339. The fourth-order valence-electron chi connectivity index (χ4n) is 2.26. The van der Waals surface area contributed by atoms with E-state index in [2.05, 4.69) is 5.32 Å². The molecular weight excluding hydrogens is 330 g/mol. The van der Waals surface area contributed by atoms with Gasteiger partial charge in [0.25, 0.3) is 0 Å². The number of ether oxygens (including phenoxy) is 2. The molecule has 0 saturated heterocycles. The molecule has 2 aromatic rings. The molecule has 0 aliphatic carbocycles. The minimum atomic E-state index is -0.285. The summed E-state index contributed by atoms with van der Waals surface area (Å²) >= 11 is 0. The van der Waals surface area contributed by atoms with Gasteiger partial charge in [0.1, 0.15) is 11.5 Å². The molecule has 0 spiro atoms. The molecule has 0 fully saturated rings. The van der Waals surface area contributed by atoms with Crippen LogP contribution in [0.5, 0.6) is 5.75 Å². The fraction of sp³-hybridized carbons (Fsp3) is 0.333. The molecule has 26 heavy (non-hydrogen) atoms. The molecule has 0 radical (unpaired) electrons. The van der Waals surface area contributed by atoms with E-state index < -0.39 is 0 Å². The SMILES string of the molecule is COc1ccc(COCc2ccc(NC(=O)CC(=O)C(C)C)cc2)cc1. The Morgan fingerprint density at radius 3 is 1.96 bits per heavy atom. The summed E-state index contributed by atoms with van der Waals surface area (Å²) in [5.41, 5.74) is 2.75. The van der Waals surface area contributed by atoms with Gasteiger partial charge < -0.3 is 14.8 Å². The van der Waals surface area contributed by atoms with E-state index in [0.29, 0.717) is 18.9 Å². The number of methoxy groups -OCH3 is 1. The molecule has 5 nitrogen and oxygen atoms in total. The van der Waals surface area contributed by atoms with Gasteiger partial charge in [0.15, 0.2) is 0 Å². The van der Waals surface area contributed by atoms with Crippen LogP contribution < -0.4 is 10.1 Å². The second kappa shape index (κ2) is 9.73. The predicted octanol–water partition coefficient (Wildman–Crippen LogP) is 3.97. The second-order valence-electron chi connectivity index (χ2n) is 6.38. The van der Waals surface area contributed by atoms with Gasteiger partial charge >= 0.3 is 0 Å². The van der Waals surface area contributed by atoms with Crippen LogP contribution in [0.25, 0.3) is 0 Å². The molecule has 0 bridgehead atoms. The van der Waals surface area contributed by atoms with E-state index in [0.717, 1.165) is 16.9 Å². The Morgan fingerprint density at radius 1 is 0.923 bits per heavy atom. The Morgan fingerprint density at radius 2 is 1.46 bits per heavy atom. The summed E-state index contributed by atoms with van der Waals surface area (Å²) in [6.45, 7) is 4.57. The van der Waals surface area contributed by atoms with Gasteiger partial charge in [-0.1, -0.05) is 38.1 Å². The fourth-order valence-corrected chi connectivity index (χ4v) is 2.26. The lowest BCUT2D eigenvalue weighted by atomic mass is 10.1. The molecule has 2 aromatic carbocycles. The van der Waals surface area contributed by atoms with E-state index in [1.165, 1.54) is 0 Å². The van der Waals surface area contributed by atoms with Crippen molar-refractivity contribution in [2.75, 3.05) is 12.4 Å².